The summed E-state index contributed by atoms with van der Waals surface area (Å²) in [5.41, 5.74) is 2.79. The summed E-state index contributed by atoms with van der Waals surface area (Å²) in [6, 6.07) is 19.1. The van der Waals surface area contributed by atoms with E-state index in [9.17, 15) is 18.8 Å². The molecule has 2 amide bonds. The third-order valence-electron chi connectivity index (χ3n) is 4.43. The molecule has 0 atom stereocenters. The first kappa shape index (κ1) is 21.7. The van der Waals surface area contributed by atoms with Gasteiger partial charge in [0.15, 0.2) is 6.61 Å². The zero-order chi connectivity index (χ0) is 22.2. The molecule has 3 rings (SSSR count). The van der Waals surface area contributed by atoms with E-state index in [1.807, 2.05) is 31.2 Å². The number of benzene rings is 3. The van der Waals surface area contributed by atoms with Crippen molar-refractivity contribution in [1.29, 1.82) is 0 Å². The van der Waals surface area contributed by atoms with Crippen molar-refractivity contribution in [3.63, 3.8) is 0 Å². The van der Waals surface area contributed by atoms with Crippen molar-refractivity contribution in [2.45, 2.75) is 13.5 Å². The second-order valence-corrected chi connectivity index (χ2v) is 6.85. The minimum atomic E-state index is -0.751. The number of carbonyl (C=O) groups excluding carboxylic acids is 3. The Balaban J connectivity index is 1.57. The third-order valence-corrected chi connectivity index (χ3v) is 4.43. The maximum Gasteiger partial charge on any atom is 0.338 e. The molecule has 0 aliphatic heterocycles. The molecule has 7 heteroatoms. The molecule has 2 N–H and O–H groups in total. The van der Waals surface area contributed by atoms with Gasteiger partial charge < -0.3 is 15.4 Å². The predicted octanol–water partition coefficient (Wildman–Crippen LogP) is 3.86. The number of ether oxygens (including phenoxy) is 1. The molecule has 3 aromatic rings. The molecule has 0 radical (unpaired) electrons. The SMILES string of the molecule is Cc1ccc(CNC(=O)c2ccccc2NC(=O)COC(=O)c2ccc(F)cc2)cc1. The van der Waals surface area contributed by atoms with Crippen molar-refractivity contribution in [1.82, 2.24) is 5.32 Å². The van der Waals surface area contributed by atoms with Gasteiger partial charge in [-0.25, -0.2) is 9.18 Å². The number of halogens is 1. The van der Waals surface area contributed by atoms with Crippen LogP contribution in [-0.4, -0.2) is 24.4 Å². The standard InChI is InChI=1S/C24H21FN2O4/c1-16-6-8-17(9-7-16)14-26-23(29)20-4-2-3-5-21(20)27-22(28)15-31-24(30)18-10-12-19(25)13-11-18/h2-13H,14-15H2,1H3,(H,26,29)(H,27,28). The molecular formula is C24H21FN2O4. The molecule has 0 unspecified atom stereocenters. The summed E-state index contributed by atoms with van der Waals surface area (Å²) in [7, 11) is 0. The predicted molar refractivity (Wildman–Crippen MR) is 114 cm³/mol. The molecule has 0 saturated heterocycles. The van der Waals surface area contributed by atoms with Crippen LogP contribution in [0.25, 0.3) is 0 Å². The molecule has 31 heavy (non-hydrogen) atoms. The van der Waals surface area contributed by atoms with Crippen molar-refractivity contribution in [2.75, 3.05) is 11.9 Å². The molecular weight excluding hydrogens is 399 g/mol. The highest BCUT2D eigenvalue weighted by Crippen LogP contribution is 2.15. The Kier molecular flexibility index (Phi) is 7.11. The lowest BCUT2D eigenvalue weighted by molar-refractivity contribution is -0.119. The normalized spacial score (nSPS) is 10.3. The van der Waals surface area contributed by atoms with Crippen LogP contribution in [0.4, 0.5) is 10.1 Å². The van der Waals surface area contributed by atoms with Crippen LogP contribution in [0.5, 0.6) is 0 Å². The minimum absolute atomic E-state index is 0.130. The van der Waals surface area contributed by atoms with Crippen molar-refractivity contribution in [3.05, 3.63) is 101 Å². The number of rotatable bonds is 7. The lowest BCUT2D eigenvalue weighted by Gasteiger charge is -2.12. The van der Waals surface area contributed by atoms with Gasteiger partial charge >= 0.3 is 5.97 Å². The fourth-order valence-electron chi connectivity index (χ4n) is 2.76. The van der Waals surface area contributed by atoms with Crippen LogP contribution in [0.1, 0.15) is 31.8 Å². The molecule has 0 saturated carbocycles. The first-order valence-electron chi connectivity index (χ1n) is 9.57. The summed E-state index contributed by atoms with van der Waals surface area (Å²) < 4.78 is 17.9. The third kappa shape index (κ3) is 6.24. The maximum atomic E-state index is 12.9. The molecule has 0 bridgehead atoms. The number of para-hydroxylation sites is 1. The van der Waals surface area contributed by atoms with Gasteiger partial charge in [0.05, 0.1) is 16.8 Å². The van der Waals surface area contributed by atoms with Crippen molar-refractivity contribution in [3.8, 4) is 0 Å². The van der Waals surface area contributed by atoms with E-state index in [0.29, 0.717) is 12.2 Å². The summed E-state index contributed by atoms with van der Waals surface area (Å²) in [5, 5.41) is 5.39. The van der Waals surface area contributed by atoms with Crippen LogP contribution in [0, 0.1) is 12.7 Å². The summed E-state index contributed by atoms with van der Waals surface area (Å²) in [6.07, 6.45) is 0. The van der Waals surface area contributed by atoms with E-state index in [1.165, 1.54) is 12.1 Å². The van der Waals surface area contributed by atoms with E-state index >= 15 is 0 Å². The van der Waals surface area contributed by atoms with Crippen molar-refractivity contribution < 1.29 is 23.5 Å². The van der Waals surface area contributed by atoms with Gasteiger partial charge in [-0.1, -0.05) is 42.0 Å². The van der Waals surface area contributed by atoms with Gasteiger partial charge in [0, 0.05) is 6.54 Å². The smallest absolute Gasteiger partial charge is 0.338 e. The highest BCUT2D eigenvalue weighted by molar-refractivity contribution is 6.04. The highest BCUT2D eigenvalue weighted by Gasteiger charge is 2.15. The van der Waals surface area contributed by atoms with E-state index in [2.05, 4.69) is 10.6 Å². The number of amides is 2. The Morgan fingerprint density at radius 3 is 2.29 bits per heavy atom. The fraction of sp³-hybridized carbons (Fsp3) is 0.125. The molecule has 158 valence electrons. The van der Waals surface area contributed by atoms with Crippen molar-refractivity contribution in [2.24, 2.45) is 0 Å². The molecule has 3 aromatic carbocycles. The Labute approximate surface area is 179 Å². The molecule has 0 heterocycles. The first-order chi connectivity index (χ1) is 14.9. The first-order valence-corrected chi connectivity index (χ1v) is 9.57. The Morgan fingerprint density at radius 2 is 1.58 bits per heavy atom. The average molecular weight is 420 g/mol. The van der Waals surface area contributed by atoms with E-state index in [0.717, 1.165) is 23.3 Å². The molecule has 0 aliphatic rings. The van der Waals surface area contributed by atoms with Gasteiger partial charge in [-0.15, -0.1) is 0 Å². The molecule has 0 fully saturated rings. The molecule has 0 spiro atoms. The lowest BCUT2D eigenvalue weighted by Crippen LogP contribution is -2.26. The zero-order valence-corrected chi connectivity index (χ0v) is 16.9. The Hall–Kier alpha value is -4.00. The highest BCUT2D eigenvalue weighted by atomic mass is 19.1. The number of hydrogen-bond donors (Lipinski definition) is 2. The number of aryl methyl sites for hydroxylation is 1. The van der Waals surface area contributed by atoms with Gasteiger partial charge in [-0.05, 0) is 48.9 Å². The fourth-order valence-corrected chi connectivity index (χ4v) is 2.76. The second kappa shape index (κ2) is 10.2. The van der Waals surface area contributed by atoms with Crippen LogP contribution in [-0.2, 0) is 16.1 Å². The average Bonchev–Trinajstić information content (AvgIpc) is 2.78. The van der Waals surface area contributed by atoms with Gasteiger partial charge in [-0.2, -0.15) is 0 Å². The van der Waals surface area contributed by atoms with E-state index in [4.69, 9.17) is 4.74 Å². The van der Waals surface area contributed by atoms with E-state index in [1.54, 1.807) is 24.3 Å². The Morgan fingerprint density at radius 1 is 0.903 bits per heavy atom. The van der Waals surface area contributed by atoms with Gasteiger partial charge in [0.25, 0.3) is 11.8 Å². The van der Waals surface area contributed by atoms with Crippen LogP contribution < -0.4 is 10.6 Å². The van der Waals surface area contributed by atoms with Gasteiger partial charge in [0.2, 0.25) is 0 Å². The summed E-state index contributed by atoms with van der Waals surface area (Å²) >= 11 is 0. The van der Waals surface area contributed by atoms with Crippen LogP contribution >= 0.6 is 0 Å². The monoisotopic (exact) mass is 420 g/mol. The van der Waals surface area contributed by atoms with Gasteiger partial charge in [-0.3, -0.25) is 9.59 Å². The topological polar surface area (TPSA) is 84.5 Å². The van der Waals surface area contributed by atoms with Crippen molar-refractivity contribution >= 4 is 23.5 Å². The van der Waals surface area contributed by atoms with Crippen LogP contribution in [0.15, 0.2) is 72.8 Å². The largest absolute Gasteiger partial charge is 0.452 e. The number of nitrogens with one attached hydrogen (secondary N) is 2. The Bertz CT molecular complexity index is 1080. The zero-order valence-electron chi connectivity index (χ0n) is 16.9. The van der Waals surface area contributed by atoms with Gasteiger partial charge in [0.1, 0.15) is 5.82 Å². The maximum absolute atomic E-state index is 12.9. The number of anilines is 1. The number of carbonyl (C=O) groups is 3. The quantitative estimate of drug-likeness (QED) is 0.569. The molecule has 0 aliphatic carbocycles. The molecule has 0 aromatic heterocycles. The minimum Gasteiger partial charge on any atom is -0.452 e. The number of hydrogen-bond acceptors (Lipinski definition) is 4. The van der Waals surface area contributed by atoms with E-state index in [-0.39, 0.29) is 17.0 Å². The van der Waals surface area contributed by atoms with Crippen LogP contribution in [0.2, 0.25) is 0 Å². The summed E-state index contributed by atoms with van der Waals surface area (Å²) in [5.74, 6) is -2.18. The van der Waals surface area contributed by atoms with E-state index < -0.39 is 24.3 Å². The second-order valence-electron chi connectivity index (χ2n) is 6.85. The van der Waals surface area contributed by atoms with Crippen LogP contribution in [0.3, 0.4) is 0 Å². The lowest BCUT2D eigenvalue weighted by atomic mass is 10.1. The number of esters is 1. The summed E-state index contributed by atoms with van der Waals surface area (Å²) in [4.78, 5) is 36.7. The molecule has 6 nitrogen and oxygen atoms in total. The summed E-state index contributed by atoms with van der Waals surface area (Å²) in [6.45, 7) is 1.78.